The molecule has 1 saturated heterocycles. The molecule has 0 radical (unpaired) electrons. The third kappa shape index (κ3) is 3.35. The first kappa shape index (κ1) is 16.0. The predicted molar refractivity (Wildman–Crippen MR) is 98.0 cm³/mol. The van der Waals surface area contributed by atoms with Crippen LogP contribution in [0.3, 0.4) is 0 Å². The number of hydrogen-bond donors (Lipinski definition) is 1. The summed E-state index contributed by atoms with van der Waals surface area (Å²) in [5.74, 6) is 1.41. The number of nitrogens with zero attached hydrogens (tertiary/aromatic N) is 4. The molecule has 1 N–H and O–H groups in total. The van der Waals surface area contributed by atoms with E-state index in [0.29, 0.717) is 16.5 Å². The second-order valence-corrected chi connectivity index (χ2v) is 6.78. The molecule has 1 aliphatic rings. The number of aromatic nitrogens is 4. The fraction of sp³-hybridized carbons (Fsp3) is 0.333. The van der Waals surface area contributed by atoms with Crippen LogP contribution in [0.15, 0.2) is 41.2 Å². The number of nitrogens with one attached hydrogen (secondary N) is 1. The Morgan fingerprint density at radius 3 is 2.56 bits per heavy atom. The molecular formula is C18H18ClN5O. The zero-order valence-electron chi connectivity index (χ0n) is 13.7. The average Bonchev–Trinajstić information content (AvgIpc) is 2.66. The van der Waals surface area contributed by atoms with E-state index in [1.807, 2.05) is 30.3 Å². The normalized spacial score (nSPS) is 15.6. The first-order valence-electron chi connectivity index (χ1n) is 8.41. The Morgan fingerprint density at radius 2 is 1.84 bits per heavy atom. The topological polar surface area (TPSA) is 74.8 Å². The molecule has 0 unspecified atom stereocenters. The SMILES string of the molecule is O=c1[nH]nc(CC2CCN(c3ccc(Cl)nn3)CC2)c2ccccc12. The highest BCUT2D eigenvalue weighted by Gasteiger charge is 2.22. The van der Waals surface area contributed by atoms with Crippen molar-refractivity contribution in [1.82, 2.24) is 20.4 Å². The molecule has 0 spiro atoms. The highest BCUT2D eigenvalue weighted by molar-refractivity contribution is 6.29. The summed E-state index contributed by atoms with van der Waals surface area (Å²) < 4.78 is 0. The first-order valence-corrected chi connectivity index (χ1v) is 8.79. The van der Waals surface area contributed by atoms with Gasteiger partial charge in [-0.2, -0.15) is 5.10 Å². The maximum absolute atomic E-state index is 11.9. The summed E-state index contributed by atoms with van der Waals surface area (Å²) >= 11 is 5.80. The lowest BCUT2D eigenvalue weighted by atomic mass is 9.91. The van der Waals surface area contributed by atoms with Crippen molar-refractivity contribution in [3.63, 3.8) is 0 Å². The lowest BCUT2D eigenvalue weighted by molar-refractivity contribution is 0.398. The van der Waals surface area contributed by atoms with Crippen molar-refractivity contribution in [3.8, 4) is 0 Å². The van der Waals surface area contributed by atoms with Gasteiger partial charge in [0.1, 0.15) is 0 Å². The molecule has 128 valence electrons. The monoisotopic (exact) mass is 355 g/mol. The molecule has 7 heteroatoms. The van der Waals surface area contributed by atoms with E-state index in [1.54, 1.807) is 6.07 Å². The van der Waals surface area contributed by atoms with Crippen molar-refractivity contribution in [2.75, 3.05) is 18.0 Å². The second kappa shape index (κ2) is 6.80. The Balaban J connectivity index is 1.46. The Morgan fingerprint density at radius 1 is 1.08 bits per heavy atom. The van der Waals surface area contributed by atoms with Crippen molar-refractivity contribution < 1.29 is 0 Å². The number of hydrogen-bond acceptors (Lipinski definition) is 5. The van der Waals surface area contributed by atoms with Gasteiger partial charge in [0.05, 0.1) is 11.1 Å². The van der Waals surface area contributed by atoms with Gasteiger partial charge in [-0.25, -0.2) is 5.10 Å². The molecule has 25 heavy (non-hydrogen) atoms. The number of H-pyrrole nitrogens is 1. The van der Waals surface area contributed by atoms with Gasteiger partial charge in [-0.1, -0.05) is 29.8 Å². The number of anilines is 1. The molecule has 1 aromatic carbocycles. The Kier molecular flexibility index (Phi) is 4.36. The van der Waals surface area contributed by atoms with Crippen molar-refractivity contribution in [1.29, 1.82) is 0 Å². The molecule has 3 heterocycles. The zero-order valence-corrected chi connectivity index (χ0v) is 14.4. The molecule has 0 amide bonds. The van der Waals surface area contributed by atoms with Crippen LogP contribution in [0.25, 0.3) is 10.8 Å². The van der Waals surface area contributed by atoms with E-state index >= 15 is 0 Å². The van der Waals surface area contributed by atoms with E-state index < -0.39 is 0 Å². The standard InChI is InChI=1S/C18H18ClN5O/c19-16-5-6-17(22-21-16)24-9-7-12(8-10-24)11-15-13-3-1-2-4-14(13)18(25)23-20-15/h1-6,12H,7-11H2,(H,23,25). The van der Waals surface area contributed by atoms with Crippen LogP contribution in [-0.2, 0) is 6.42 Å². The molecule has 0 saturated carbocycles. The molecular weight excluding hydrogens is 338 g/mol. The van der Waals surface area contributed by atoms with Gasteiger partial charge < -0.3 is 4.90 Å². The maximum atomic E-state index is 11.9. The van der Waals surface area contributed by atoms with Gasteiger partial charge in [0, 0.05) is 18.5 Å². The lowest BCUT2D eigenvalue weighted by Gasteiger charge is -2.32. The van der Waals surface area contributed by atoms with Gasteiger partial charge in [0.15, 0.2) is 11.0 Å². The minimum Gasteiger partial charge on any atom is -0.355 e. The van der Waals surface area contributed by atoms with Crippen LogP contribution in [-0.4, -0.2) is 33.5 Å². The van der Waals surface area contributed by atoms with Crippen LogP contribution in [0.5, 0.6) is 0 Å². The number of benzene rings is 1. The van der Waals surface area contributed by atoms with Crippen LogP contribution >= 0.6 is 11.6 Å². The number of fused-ring (bicyclic) bond motifs is 1. The molecule has 1 aliphatic heterocycles. The van der Waals surface area contributed by atoms with Gasteiger partial charge in [-0.15, -0.1) is 10.2 Å². The summed E-state index contributed by atoms with van der Waals surface area (Å²) in [5.41, 5.74) is 0.843. The molecule has 2 aromatic heterocycles. The molecule has 0 bridgehead atoms. The predicted octanol–water partition coefficient (Wildman–Crippen LogP) is 2.83. The van der Waals surface area contributed by atoms with Gasteiger partial charge in [-0.3, -0.25) is 4.79 Å². The zero-order chi connectivity index (χ0) is 17.2. The van der Waals surface area contributed by atoms with Crippen molar-refractivity contribution in [2.45, 2.75) is 19.3 Å². The minimum absolute atomic E-state index is 0.129. The van der Waals surface area contributed by atoms with Gasteiger partial charge in [0.25, 0.3) is 5.56 Å². The van der Waals surface area contributed by atoms with E-state index in [1.165, 1.54) is 0 Å². The van der Waals surface area contributed by atoms with Gasteiger partial charge in [0.2, 0.25) is 0 Å². The third-order valence-electron chi connectivity index (χ3n) is 4.81. The Labute approximate surface area is 149 Å². The number of aromatic amines is 1. The summed E-state index contributed by atoms with van der Waals surface area (Å²) in [6, 6.07) is 11.3. The van der Waals surface area contributed by atoms with Crippen LogP contribution in [0, 0.1) is 5.92 Å². The van der Waals surface area contributed by atoms with E-state index in [4.69, 9.17) is 11.6 Å². The molecule has 4 rings (SSSR count). The first-order chi connectivity index (χ1) is 12.2. The van der Waals surface area contributed by atoms with E-state index in [0.717, 1.165) is 49.2 Å². The Hall–Kier alpha value is -2.47. The van der Waals surface area contributed by atoms with Crippen LogP contribution in [0.4, 0.5) is 5.82 Å². The summed E-state index contributed by atoms with van der Waals surface area (Å²) in [6.07, 6.45) is 2.98. The smallest absolute Gasteiger partial charge is 0.272 e. The largest absolute Gasteiger partial charge is 0.355 e. The number of piperidine rings is 1. The van der Waals surface area contributed by atoms with Crippen molar-refractivity contribution in [2.24, 2.45) is 5.92 Å². The van der Waals surface area contributed by atoms with E-state index in [2.05, 4.69) is 25.3 Å². The molecule has 0 atom stereocenters. The maximum Gasteiger partial charge on any atom is 0.272 e. The molecule has 3 aromatic rings. The summed E-state index contributed by atoms with van der Waals surface area (Å²) in [5, 5.41) is 17.1. The summed E-state index contributed by atoms with van der Waals surface area (Å²) in [6.45, 7) is 1.87. The van der Waals surface area contributed by atoms with E-state index in [9.17, 15) is 4.79 Å². The number of halogens is 1. The van der Waals surface area contributed by atoms with Gasteiger partial charge in [-0.05, 0) is 43.4 Å². The fourth-order valence-electron chi connectivity index (χ4n) is 3.44. The second-order valence-electron chi connectivity index (χ2n) is 6.39. The highest BCUT2D eigenvalue weighted by atomic mass is 35.5. The minimum atomic E-state index is -0.129. The summed E-state index contributed by atoms with van der Waals surface area (Å²) in [4.78, 5) is 14.1. The van der Waals surface area contributed by atoms with Crippen LogP contribution in [0.1, 0.15) is 18.5 Å². The van der Waals surface area contributed by atoms with Crippen molar-refractivity contribution >= 4 is 28.2 Å². The van der Waals surface area contributed by atoms with Crippen molar-refractivity contribution in [3.05, 3.63) is 57.6 Å². The van der Waals surface area contributed by atoms with Crippen LogP contribution < -0.4 is 10.5 Å². The highest BCUT2D eigenvalue weighted by Crippen LogP contribution is 2.26. The fourth-order valence-corrected chi connectivity index (χ4v) is 3.55. The quantitative estimate of drug-likeness (QED) is 0.782. The van der Waals surface area contributed by atoms with E-state index in [-0.39, 0.29) is 5.56 Å². The number of rotatable bonds is 3. The average molecular weight is 356 g/mol. The molecule has 6 nitrogen and oxygen atoms in total. The molecule has 0 aliphatic carbocycles. The Bertz CT molecular complexity index is 932. The third-order valence-corrected chi connectivity index (χ3v) is 5.02. The summed E-state index contributed by atoms with van der Waals surface area (Å²) in [7, 11) is 0. The van der Waals surface area contributed by atoms with Crippen LogP contribution in [0.2, 0.25) is 5.15 Å². The van der Waals surface area contributed by atoms with Gasteiger partial charge >= 0.3 is 0 Å². The lowest BCUT2D eigenvalue weighted by Crippen LogP contribution is -2.35. The molecule has 1 fully saturated rings.